The SMILES string of the molecule is CC(C)(C)OC(=O)N1C[C@@H]2CCC[C@@H]2[C@H]1C=O. The maximum Gasteiger partial charge on any atom is 0.410 e. The lowest BCUT2D eigenvalue weighted by atomic mass is 9.95. The van der Waals surface area contributed by atoms with Crippen molar-refractivity contribution in [2.24, 2.45) is 11.8 Å². The predicted octanol–water partition coefficient (Wildman–Crippen LogP) is 2.22. The molecule has 0 aromatic heterocycles. The number of nitrogens with zero attached hydrogens (tertiary/aromatic N) is 1. The summed E-state index contributed by atoms with van der Waals surface area (Å²) < 4.78 is 5.35. The Morgan fingerprint density at radius 3 is 2.65 bits per heavy atom. The van der Waals surface area contributed by atoms with Crippen molar-refractivity contribution in [3.8, 4) is 0 Å². The van der Waals surface area contributed by atoms with Gasteiger partial charge in [-0.3, -0.25) is 4.90 Å². The van der Waals surface area contributed by atoms with Crippen LogP contribution in [0.4, 0.5) is 4.79 Å². The number of hydrogen-bond acceptors (Lipinski definition) is 3. The number of amides is 1. The van der Waals surface area contributed by atoms with Gasteiger partial charge in [-0.05, 0) is 45.4 Å². The second kappa shape index (κ2) is 4.31. The molecule has 0 aromatic carbocycles. The van der Waals surface area contributed by atoms with E-state index in [1.54, 1.807) is 4.90 Å². The summed E-state index contributed by atoms with van der Waals surface area (Å²) in [7, 11) is 0. The summed E-state index contributed by atoms with van der Waals surface area (Å²) in [6.45, 7) is 6.22. The van der Waals surface area contributed by atoms with E-state index in [-0.39, 0.29) is 12.1 Å². The third-order valence-electron chi connectivity index (χ3n) is 3.72. The molecule has 1 aliphatic carbocycles. The van der Waals surface area contributed by atoms with Gasteiger partial charge in [0.05, 0.1) is 6.04 Å². The molecule has 2 aliphatic rings. The predicted molar refractivity (Wildman–Crippen MR) is 63.6 cm³/mol. The average molecular weight is 239 g/mol. The summed E-state index contributed by atoms with van der Waals surface area (Å²) in [6.07, 6.45) is 3.95. The van der Waals surface area contributed by atoms with Crippen LogP contribution in [-0.4, -0.2) is 35.5 Å². The topological polar surface area (TPSA) is 46.6 Å². The van der Waals surface area contributed by atoms with Crippen LogP contribution in [0, 0.1) is 11.8 Å². The van der Waals surface area contributed by atoms with Gasteiger partial charge in [0.15, 0.2) is 0 Å². The number of rotatable bonds is 1. The minimum Gasteiger partial charge on any atom is -0.444 e. The van der Waals surface area contributed by atoms with Crippen LogP contribution in [0.3, 0.4) is 0 Å². The molecule has 96 valence electrons. The molecule has 0 radical (unpaired) electrons. The fourth-order valence-electron chi connectivity index (χ4n) is 3.04. The quantitative estimate of drug-likeness (QED) is 0.659. The molecule has 4 nitrogen and oxygen atoms in total. The number of fused-ring (bicyclic) bond motifs is 1. The highest BCUT2D eigenvalue weighted by molar-refractivity contribution is 5.75. The molecule has 0 spiro atoms. The normalized spacial score (nSPS) is 32.4. The molecule has 2 fully saturated rings. The summed E-state index contributed by atoms with van der Waals surface area (Å²) in [5, 5.41) is 0. The summed E-state index contributed by atoms with van der Waals surface area (Å²) in [4.78, 5) is 24.8. The molecule has 3 atom stereocenters. The molecule has 4 heteroatoms. The second-order valence-electron chi connectivity index (χ2n) is 6.11. The molecule has 1 amide bonds. The summed E-state index contributed by atoms with van der Waals surface area (Å²) in [6, 6.07) is -0.266. The molecule has 0 unspecified atom stereocenters. The molecule has 17 heavy (non-hydrogen) atoms. The first-order valence-electron chi connectivity index (χ1n) is 6.37. The molecule has 0 N–H and O–H groups in total. The Morgan fingerprint density at radius 1 is 1.35 bits per heavy atom. The van der Waals surface area contributed by atoms with E-state index in [0.29, 0.717) is 18.4 Å². The summed E-state index contributed by atoms with van der Waals surface area (Å²) >= 11 is 0. The second-order valence-corrected chi connectivity index (χ2v) is 6.11. The van der Waals surface area contributed by atoms with Crippen LogP contribution in [-0.2, 0) is 9.53 Å². The van der Waals surface area contributed by atoms with Crippen molar-refractivity contribution in [1.82, 2.24) is 4.90 Å². The Labute approximate surface area is 102 Å². The molecule has 1 saturated heterocycles. The van der Waals surface area contributed by atoms with Crippen LogP contribution in [0.25, 0.3) is 0 Å². The Morgan fingerprint density at radius 2 is 2.06 bits per heavy atom. The maximum atomic E-state index is 12.0. The van der Waals surface area contributed by atoms with Crippen LogP contribution >= 0.6 is 0 Å². The fraction of sp³-hybridized carbons (Fsp3) is 0.846. The Hall–Kier alpha value is -1.06. The van der Waals surface area contributed by atoms with E-state index in [1.165, 1.54) is 6.42 Å². The van der Waals surface area contributed by atoms with Crippen molar-refractivity contribution in [2.75, 3.05) is 6.54 Å². The van der Waals surface area contributed by atoms with Crippen molar-refractivity contribution >= 4 is 12.4 Å². The van der Waals surface area contributed by atoms with Crippen molar-refractivity contribution in [2.45, 2.75) is 51.7 Å². The molecular weight excluding hydrogens is 218 g/mol. The number of likely N-dealkylation sites (tertiary alicyclic amines) is 1. The van der Waals surface area contributed by atoms with Crippen molar-refractivity contribution in [1.29, 1.82) is 0 Å². The van der Waals surface area contributed by atoms with Crippen LogP contribution in [0.2, 0.25) is 0 Å². The lowest BCUT2D eigenvalue weighted by Gasteiger charge is -2.27. The maximum absolute atomic E-state index is 12.0. The number of carbonyl (C=O) groups is 2. The van der Waals surface area contributed by atoms with Gasteiger partial charge in [-0.2, -0.15) is 0 Å². The Balaban J connectivity index is 2.06. The first-order valence-corrected chi connectivity index (χ1v) is 6.37. The number of hydrogen-bond donors (Lipinski definition) is 0. The highest BCUT2D eigenvalue weighted by atomic mass is 16.6. The van der Waals surface area contributed by atoms with Crippen LogP contribution in [0.1, 0.15) is 40.0 Å². The lowest BCUT2D eigenvalue weighted by Crippen LogP contribution is -2.42. The van der Waals surface area contributed by atoms with Crippen LogP contribution in [0.15, 0.2) is 0 Å². The van der Waals surface area contributed by atoms with Crippen molar-refractivity contribution in [3.05, 3.63) is 0 Å². The van der Waals surface area contributed by atoms with Crippen LogP contribution in [0.5, 0.6) is 0 Å². The first kappa shape index (κ1) is 12.4. The zero-order chi connectivity index (χ0) is 12.6. The molecule has 0 bridgehead atoms. The van der Waals surface area contributed by atoms with E-state index in [4.69, 9.17) is 4.74 Å². The highest BCUT2D eigenvalue weighted by Crippen LogP contribution is 2.41. The van der Waals surface area contributed by atoms with Gasteiger partial charge in [0.25, 0.3) is 0 Å². The number of ether oxygens (including phenoxy) is 1. The number of aldehydes is 1. The molecule has 1 heterocycles. The van der Waals surface area contributed by atoms with E-state index < -0.39 is 5.60 Å². The highest BCUT2D eigenvalue weighted by Gasteiger charge is 2.46. The van der Waals surface area contributed by atoms with Crippen LogP contribution < -0.4 is 0 Å². The molecular formula is C13H21NO3. The Bertz CT molecular complexity index is 321. The summed E-state index contributed by atoms with van der Waals surface area (Å²) in [5.41, 5.74) is -0.498. The van der Waals surface area contributed by atoms with E-state index in [1.807, 2.05) is 20.8 Å². The van der Waals surface area contributed by atoms with Gasteiger partial charge in [-0.25, -0.2) is 4.79 Å². The van der Waals surface area contributed by atoms with Crippen molar-refractivity contribution < 1.29 is 14.3 Å². The molecule has 1 saturated carbocycles. The van der Waals surface area contributed by atoms with Crippen molar-refractivity contribution in [3.63, 3.8) is 0 Å². The zero-order valence-electron chi connectivity index (χ0n) is 10.8. The van der Waals surface area contributed by atoms with E-state index in [0.717, 1.165) is 19.1 Å². The van der Waals surface area contributed by atoms with E-state index >= 15 is 0 Å². The lowest BCUT2D eigenvalue weighted by molar-refractivity contribution is -0.112. The minimum absolute atomic E-state index is 0.266. The molecule has 2 rings (SSSR count). The smallest absolute Gasteiger partial charge is 0.410 e. The van der Waals surface area contributed by atoms with Gasteiger partial charge in [0.1, 0.15) is 11.9 Å². The fourth-order valence-corrected chi connectivity index (χ4v) is 3.04. The van der Waals surface area contributed by atoms with Gasteiger partial charge < -0.3 is 9.53 Å². The van der Waals surface area contributed by atoms with Gasteiger partial charge >= 0.3 is 6.09 Å². The minimum atomic E-state index is -0.498. The average Bonchev–Trinajstić information content (AvgIpc) is 2.72. The standard InChI is InChI=1S/C13H21NO3/c1-13(2,3)17-12(16)14-7-9-5-4-6-10(9)11(14)8-15/h8-11H,4-7H2,1-3H3/t9-,10-,11+/m0/s1. The van der Waals surface area contributed by atoms with Gasteiger partial charge in [-0.1, -0.05) is 6.42 Å². The third kappa shape index (κ3) is 2.45. The zero-order valence-corrected chi connectivity index (χ0v) is 10.8. The largest absolute Gasteiger partial charge is 0.444 e. The van der Waals surface area contributed by atoms with E-state index in [2.05, 4.69) is 0 Å². The summed E-state index contributed by atoms with van der Waals surface area (Å²) in [5.74, 6) is 0.859. The monoisotopic (exact) mass is 239 g/mol. The van der Waals surface area contributed by atoms with Gasteiger partial charge in [-0.15, -0.1) is 0 Å². The number of carbonyl (C=O) groups excluding carboxylic acids is 2. The third-order valence-corrected chi connectivity index (χ3v) is 3.72. The Kier molecular flexibility index (Phi) is 3.15. The van der Waals surface area contributed by atoms with Gasteiger partial charge in [0, 0.05) is 6.54 Å². The molecule has 0 aromatic rings. The first-order chi connectivity index (χ1) is 7.92. The molecule has 1 aliphatic heterocycles. The van der Waals surface area contributed by atoms with Gasteiger partial charge in [0.2, 0.25) is 0 Å². The van der Waals surface area contributed by atoms with E-state index in [9.17, 15) is 9.59 Å².